The van der Waals surface area contributed by atoms with Crippen molar-refractivity contribution in [2.45, 2.75) is 38.6 Å². The molecular weight excluding hydrogens is 351 g/mol. The fourth-order valence-corrected chi connectivity index (χ4v) is 2.50. The van der Waals surface area contributed by atoms with Crippen LogP contribution in [-0.2, 0) is 12.6 Å². The Balaban J connectivity index is 0.00000312. The number of nitrogens with one attached hydrogen (secondary N) is 1. The summed E-state index contributed by atoms with van der Waals surface area (Å²) in [7, 11) is 0. The predicted octanol–water partition coefficient (Wildman–Crippen LogP) is 4.69. The molecule has 0 spiro atoms. The van der Waals surface area contributed by atoms with Gasteiger partial charge in [-0.3, -0.25) is 0 Å². The van der Waals surface area contributed by atoms with Crippen molar-refractivity contribution in [2.75, 3.05) is 6.54 Å². The lowest BCUT2D eigenvalue weighted by Crippen LogP contribution is -2.32. The van der Waals surface area contributed by atoms with Crippen LogP contribution in [0.3, 0.4) is 0 Å². The van der Waals surface area contributed by atoms with Crippen molar-refractivity contribution in [3.8, 4) is 0 Å². The number of aliphatic hydroxyl groups excluding tert-OH is 1. The third-order valence-electron chi connectivity index (χ3n) is 3.92. The summed E-state index contributed by atoms with van der Waals surface area (Å²) in [5.41, 5.74) is 1.89. The minimum absolute atomic E-state index is 0. The van der Waals surface area contributed by atoms with Crippen LogP contribution in [0.2, 0.25) is 0 Å². The fraction of sp³-hybridized carbons (Fsp3) is 0.368. The fourth-order valence-electron chi connectivity index (χ4n) is 2.50. The molecular formula is C19H23ClF3NO. The number of halogens is 4. The molecule has 0 amide bonds. The number of rotatable bonds is 6. The van der Waals surface area contributed by atoms with E-state index >= 15 is 0 Å². The largest absolute Gasteiger partial charge is 0.416 e. The summed E-state index contributed by atoms with van der Waals surface area (Å²) in [6, 6.07) is 13.1. The van der Waals surface area contributed by atoms with Crippen LogP contribution in [0.1, 0.15) is 35.3 Å². The Labute approximate surface area is 152 Å². The maximum absolute atomic E-state index is 12.7. The van der Waals surface area contributed by atoms with Gasteiger partial charge in [0.2, 0.25) is 0 Å². The first-order valence-electron chi connectivity index (χ1n) is 7.90. The van der Waals surface area contributed by atoms with Gasteiger partial charge in [0.1, 0.15) is 0 Å². The molecule has 2 aromatic carbocycles. The standard InChI is InChI=1S/C19H22F3NO.ClH/c1-13-6-8-15(9-7-13)10-14(2)23-12-18(24)16-4-3-5-17(11-16)19(20,21)22;/h3-9,11,14,18,23-24H,10,12H2,1-2H3;1H/t14-,18+;/m1./s1. The second-order valence-corrected chi connectivity index (χ2v) is 6.14. The molecule has 0 saturated heterocycles. The Hall–Kier alpha value is -1.56. The summed E-state index contributed by atoms with van der Waals surface area (Å²) >= 11 is 0. The predicted molar refractivity (Wildman–Crippen MR) is 96.0 cm³/mol. The van der Waals surface area contributed by atoms with Gasteiger partial charge < -0.3 is 10.4 Å². The molecule has 0 heterocycles. The van der Waals surface area contributed by atoms with E-state index in [1.165, 1.54) is 23.3 Å². The maximum Gasteiger partial charge on any atom is 0.416 e. The van der Waals surface area contributed by atoms with Gasteiger partial charge in [-0.1, -0.05) is 42.0 Å². The van der Waals surface area contributed by atoms with Crippen LogP contribution in [-0.4, -0.2) is 17.7 Å². The molecule has 0 fully saturated rings. The summed E-state index contributed by atoms with van der Waals surface area (Å²) in [6.07, 6.45) is -4.59. The smallest absolute Gasteiger partial charge is 0.387 e. The van der Waals surface area contributed by atoms with E-state index in [9.17, 15) is 18.3 Å². The number of aryl methyl sites for hydroxylation is 1. The highest BCUT2D eigenvalue weighted by atomic mass is 35.5. The Morgan fingerprint density at radius 1 is 1.08 bits per heavy atom. The molecule has 2 nitrogen and oxygen atoms in total. The molecule has 6 heteroatoms. The number of benzene rings is 2. The van der Waals surface area contributed by atoms with Gasteiger partial charge in [0.05, 0.1) is 11.7 Å². The van der Waals surface area contributed by atoms with Crippen LogP contribution in [0, 0.1) is 6.92 Å². The highest BCUT2D eigenvalue weighted by Crippen LogP contribution is 2.30. The lowest BCUT2D eigenvalue weighted by Gasteiger charge is -2.18. The molecule has 0 aliphatic carbocycles. The molecule has 2 atom stereocenters. The molecule has 2 N–H and O–H groups in total. The normalized spacial score (nSPS) is 13.8. The van der Waals surface area contributed by atoms with E-state index in [-0.39, 0.29) is 30.6 Å². The van der Waals surface area contributed by atoms with Crippen molar-refractivity contribution in [3.63, 3.8) is 0 Å². The number of hydrogen-bond donors (Lipinski definition) is 2. The van der Waals surface area contributed by atoms with Crippen molar-refractivity contribution in [3.05, 3.63) is 70.8 Å². The van der Waals surface area contributed by atoms with Gasteiger partial charge in [-0.15, -0.1) is 12.4 Å². The monoisotopic (exact) mass is 373 g/mol. The van der Waals surface area contributed by atoms with E-state index in [0.717, 1.165) is 18.6 Å². The van der Waals surface area contributed by atoms with Crippen molar-refractivity contribution >= 4 is 12.4 Å². The average molecular weight is 374 g/mol. The molecule has 2 aromatic rings. The van der Waals surface area contributed by atoms with E-state index in [2.05, 4.69) is 17.4 Å². The molecule has 2 rings (SSSR count). The van der Waals surface area contributed by atoms with Crippen molar-refractivity contribution in [2.24, 2.45) is 0 Å². The molecule has 0 saturated carbocycles. The van der Waals surface area contributed by atoms with Gasteiger partial charge >= 0.3 is 6.18 Å². The minimum Gasteiger partial charge on any atom is -0.387 e. The highest BCUT2D eigenvalue weighted by molar-refractivity contribution is 5.85. The quantitative estimate of drug-likeness (QED) is 0.770. The first kappa shape index (κ1) is 21.5. The molecule has 138 valence electrons. The third kappa shape index (κ3) is 6.69. The summed E-state index contributed by atoms with van der Waals surface area (Å²) < 4.78 is 38.2. The zero-order valence-corrected chi connectivity index (χ0v) is 15.0. The summed E-state index contributed by atoms with van der Waals surface area (Å²) in [5.74, 6) is 0. The van der Waals surface area contributed by atoms with Crippen LogP contribution in [0.15, 0.2) is 48.5 Å². The molecule has 0 bridgehead atoms. The highest BCUT2D eigenvalue weighted by Gasteiger charge is 2.30. The number of hydrogen-bond acceptors (Lipinski definition) is 2. The van der Waals surface area contributed by atoms with Crippen LogP contribution in [0.4, 0.5) is 13.2 Å². The van der Waals surface area contributed by atoms with E-state index in [4.69, 9.17) is 0 Å². The van der Waals surface area contributed by atoms with Crippen LogP contribution < -0.4 is 5.32 Å². The Bertz CT molecular complexity index is 658. The second kappa shape index (κ2) is 9.22. The zero-order chi connectivity index (χ0) is 17.7. The second-order valence-electron chi connectivity index (χ2n) is 6.14. The summed E-state index contributed by atoms with van der Waals surface area (Å²) in [5, 5.41) is 13.3. The topological polar surface area (TPSA) is 32.3 Å². The van der Waals surface area contributed by atoms with Crippen molar-refractivity contribution in [1.82, 2.24) is 5.32 Å². The SMILES string of the molecule is Cc1ccc(C[C@@H](C)NC[C@H](O)c2cccc(C(F)(F)F)c2)cc1.Cl. The van der Waals surface area contributed by atoms with E-state index in [1.807, 2.05) is 26.0 Å². The number of aliphatic hydroxyl groups is 1. The minimum atomic E-state index is -4.40. The molecule has 0 aromatic heterocycles. The van der Waals surface area contributed by atoms with Crippen molar-refractivity contribution < 1.29 is 18.3 Å². The van der Waals surface area contributed by atoms with Crippen molar-refractivity contribution in [1.29, 1.82) is 0 Å². The van der Waals surface area contributed by atoms with E-state index in [0.29, 0.717) is 0 Å². The number of alkyl halides is 3. The molecule has 25 heavy (non-hydrogen) atoms. The lowest BCUT2D eigenvalue weighted by molar-refractivity contribution is -0.137. The first-order chi connectivity index (χ1) is 11.3. The molecule has 0 aliphatic heterocycles. The van der Waals surface area contributed by atoms with Gasteiger partial charge in [0.15, 0.2) is 0 Å². The summed E-state index contributed by atoms with van der Waals surface area (Å²) in [4.78, 5) is 0. The zero-order valence-electron chi connectivity index (χ0n) is 14.2. The van der Waals surface area contributed by atoms with Gasteiger partial charge in [-0.2, -0.15) is 13.2 Å². The van der Waals surface area contributed by atoms with Crippen LogP contribution in [0.25, 0.3) is 0 Å². The van der Waals surface area contributed by atoms with E-state index in [1.54, 1.807) is 0 Å². The van der Waals surface area contributed by atoms with Gasteiger partial charge in [0.25, 0.3) is 0 Å². The maximum atomic E-state index is 12.7. The molecule has 0 unspecified atom stereocenters. The van der Waals surface area contributed by atoms with Gasteiger partial charge in [0, 0.05) is 12.6 Å². The third-order valence-corrected chi connectivity index (χ3v) is 3.92. The van der Waals surface area contributed by atoms with Crippen LogP contribution >= 0.6 is 12.4 Å². The van der Waals surface area contributed by atoms with Crippen LogP contribution in [0.5, 0.6) is 0 Å². The first-order valence-corrected chi connectivity index (χ1v) is 7.90. The Kier molecular flexibility index (Phi) is 7.93. The lowest BCUT2D eigenvalue weighted by atomic mass is 10.0. The summed E-state index contributed by atoms with van der Waals surface area (Å²) in [6.45, 7) is 4.21. The van der Waals surface area contributed by atoms with E-state index < -0.39 is 17.8 Å². The Morgan fingerprint density at radius 3 is 2.32 bits per heavy atom. The molecule has 0 radical (unpaired) electrons. The Morgan fingerprint density at radius 2 is 1.72 bits per heavy atom. The molecule has 0 aliphatic rings. The average Bonchev–Trinajstić information content (AvgIpc) is 2.54. The van der Waals surface area contributed by atoms with Gasteiger partial charge in [-0.25, -0.2) is 0 Å². The van der Waals surface area contributed by atoms with Gasteiger partial charge in [-0.05, 0) is 43.5 Å².